The number of carbonyl (C=O) groups is 3. The lowest BCUT2D eigenvalue weighted by Crippen LogP contribution is -2.36. The van der Waals surface area contributed by atoms with Gasteiger partial charge in [0.05, 0.1) is 5.52 Å². The first-order valence-electron chi connectivity index (χ1n) is 10.4. The molecule has 0 bridgehead atoms. The summed E-state index contributed by atoms with van der Waals surface area (Å²) in [5.74, 6) is -2.37. The Hall–Kier alpha value is -3.33. The average Bonchev–Trinajstić information content (AvgIpc) is 3.16. The van der Waals surface area contributed by atoms with Gasteiger partial charge in [-0.25, -0.2) is 4.68 Å². The van der Waals surface area contributed by atoms with Crippen LogP contribution >= 0.6 is 39.1 Å². The fourth-order valence-electron chi connectivity index (χ4n) is 3.41. The molecule has 4 aromatic rings. The van der Waals surface area contributed by atoms with E-state index in [0.717, 1.165) is 10.0 Å². The van der Waals surface area contributed by atoms with Gasteiger partial charge < -0.3 is 10.6 Å². The molecule has 0 aliphatic rings. The average molecular weight is 574 g/mol. The van der Waals surface area contributed by atoms with E-state index in [2.05, 4.69) is 32.0 Å². The van der Waals surface area contributed by atoms with E-state index in [1.165, 1.54) is 4.68 Å². The molecule has 0 aliphatic carbocycles. The number of carbonyl (C=O) groups excluding carboxylic acids is 3. The molecule has 0 saturated heterocycles. The maximum absolute atomic E-state index is 13.2. The third kappa shape index (κ3) is 5.35. The summed E-state index contributed by atoms with van der Waals surface area (Å²) in [5.41, 5.74) is 5.61. The van der Waals surface area contributed by atoms with Gasteiger partial charge in [-0.3, -0.25) is 19.8 Å². The number of hydrogen-bond donors (Lipinski definition) is 3. The Morgan fingerprint density at radius 1 is 0.857 bits per heavy atom. The maximum atomic E-state index is 13.2. The number of aromatic nitrogens is 1. The Labute approximate surface area is 219 Å². The van der Waals surface area contributed by atoms with Gasteiger partial charge in [-0.15, -0.1) is 0 Å². The second kappa shape index (κ2) is 10.1. The number of fused-ring (bicyclic) bond motifs is 1. The van der Waals surface area contributed by atoms with Crippen LogP contribution in [0.15, 0.2) is 65.1 Å². The van der Waals surface area contributed by atoms with Crippen molar-refractivity contribution in [1.82, 2.24) is 4.68 Å². The predicted octanol–water partition coefficient (Wildman–Crippen LogP) is 6.29. The highest BCUT2D eigenvalue weighted by Crippen LogP contribution is 2.26. The van der Waals surface area contributed by atoms with Crippen LogP contribution in [0.5, 0.6) is 0 Å². The molecule has 3 N–H and O–H groups in total. The van der Waals surface area contributed by atoms with Crippen molar-refractivity contribution in [3.05, 3.63) is 92.0 Å². The quantitative estimate of drug-likeness (QED) is 0.251. The fraction of sp³-hybridized carbons (Fsp3) is 0.0800. The molecule has 4 rings (SSSR count). The predicted molar refractivity (Wildman–Crippen MR) is 143 cm³/mol. The molecule has 0 atom stereocenters. The largest absolute Gasteiger partial charge is 0.328 e. The zero-order valence-electron chi connectivity index (χ0n) is 18.6. The highest BCUT2D eigenvalue weighted by Gasteiger charge is 2.22. The molecule has 0 unspecified atom stereocenters. The van der Waals surface area contributed by atoms with Crippen molar-refractivity contribution in [2.45, 2.75) is 13.8 Å². The molecule has 1 heterocycles. The fourth-order valence-corrected chi connectivity index (χ4v) is 4.15. The van der Waals surface area contributed by atoms with Crippen LogP contribution in [-0.2, 0) is 9.59 Å². The summed E-state index contributed by atoms with van der Waals surface area (Å²) in [6, 6.07) is 17.0. The van der Waals surface area contributed by atoms with Gasteiger partial charge in [0, 0.05) is 31.3 Å². The van der Waals surface area contributed by atoms with Gasteiger partial charge in [-0.1, -0.05) is 51.3 Å². The number of halogens is 3. The lowest BCUT2D eigenvalue weighted by molar-refractivity contribution is -0.133. The lowest BCUT2D eigenvalue weighted by atomic mass is 10.2. The monoisotopic (exact) mass is 572 g/mol. The van der Waals surface area contributed by atoms with E-state index < -0.39 is 17.7 Å². The van der Waals surface area contributed by atoms with Crippen molar-refractivity contribution in [2.24, 2.45) is 0 Å². The molecule has 1 aromatic heterocycles. The number of benzene rings is 3. The normalized spacial score (nSPS) is 10.8. The van der Waals surface area contributed by atoms with E-state index in [9.17, 15) is 14.4 Å². The van der Waals surface area contributed by atoms with Gasteiger partial charge in [-0.05, 0) is 73.5 Å². The summed E-state index contributed by atoms with van der Waals surface area (Å²) in [6.45, 7) is 3.61. The molecule has 0 fully saturated rings. The number of nitrogens with one attached hydrogen (secondary N) is 3. The molecule has 10 heteroatoms. The summed E-state index contributed by atoms with van der Waals surface area (Å²) in [6.07, 6.45) is 0. The summed E-state index contributed by atoms with van der Waals surface area (Å²) in [7, 11) is 0. The van der Waals surface area contributed by atoms with E-state index in [-0.39, 0.29) is 5.69 Å². The third-order valence-corrected chi connectivity index (χ3v) is 6.67. The standard InChI is InChI=1S/C25H19BrCl2N4O3/c1-13-6-8-17(12-19(13)28)29-24(34)25(35)31-32-21-9-7-16(26)10-15(21)11-22(32)23(33)30-20-5-3-4-18(27)14(20)2/h3-12H,1-2H3,(H,29,34)(H,30,33)(H,31,35). The highest BCUT2D eigenvalue weighted by atomic mass is 79.9. The number of anilines is 2. The van der Waals surface area contributed by atoms with Crippen LogP contribution in [0.4, 0.5) is 11.4 Å². The van der Waals surface area contributed by atoms with Crippen LogP contribution in [0.25, 0.3) is 10.9 Å². The van der Waals surface area contributed by atoms with Crippen molar-refractivity contribution >= 4 is 79.1 Å². The minimum absolute atomic E-state index is 0.122. The van der Waals surface area contributed by atoms with Crippen molar-refractivity contribution in [2.75, 3.05) is 16.1 Å². The second-order valence-electron chi connectivity index (χ2n) is 7.79. The first kappa shape index (κ1) is 24.8. The smallest absolute Gasteiger partial charge is 0.320 e. The summed E-state index contributed by atoms with van der Waals surface area (Å²) >= 11 is 15.7. The molecule has 0 aliphatic heterocycles. The van der Waals surface area contributed by atoms with Crippen molar-refractivity contribution < 1.29 is 14.4 Å². The van der Waals surface area contributed by atoms with Crippen molar-refractivity contribution in [1.29, 1.82) is 0 Å². The number of amides is 3. The molecular weight excluding hydrogens is 555 g/mol. The highest BCUT2D eigenvalue weighted by molar-refractivity contribution is 9.10. The maximum Gasteiger partial charge on any atom is 0.328 e. The van der Waals surface area contributed by atoms with E-state index >= 15 is 0 Å². The summed E-state index contributed by atoms with van der Waals surface area (Å²) in [5, 5.41) is 6.97. The summed E-state index contributed by atoms with van der Waals surface area (Å²) < 4.78 is 2.07. The minimum Gasteiger partial charge on any atom is -0.320 e. The minimum atomic E-state index is -0.963. The van der Waals surface area contributed by atoms with Gasteiger partial charge in [0.15, 0.2) is 0 Å². The molecule has 35 heavy (non-hydrogen) atoms. The zero-order chi connectivity index (χ0) is 25.3. The van der Waals surface area contributed by atoms with Gasteiger partial charge in [0.25, 0.3) is 5.91 Å². The number of nitrogens with zero attached hydrogens (tertiary/aromatic N) is 1. The number of hydrogen-bond acceptors (Lipinski definition) is 3. The number of rotatable bonds is 4. The van der Waals surface area contributed by atoms with Crippen LogP contribution in [0.2, 0.25) is 10.0 Å². The van der Waals surface area contributed by atoms with Crippen LogP contribution < -0.4 is 16.1 Å². The molecule has 0 radical (unpaired) electrons. The topological polar surface area (TPSA) is 92.2 Å². The summed E-state index contributed by atoms with van der Waals surface area (Å²) in [4.78, 5) is 38.6. The van der Waals surface area contributed by atoms with E-state index in [4.69, 9.17) is 23.2 Å². The van der Waals surface area contributed by atoms with Gasteiger partial charge >= 0.3 is 11.8 Å². The van der Waals surface area contributed by atoms with Gasteiger partial charge in [0.1, 0.15) is 5.69 Å². The molecule has 0 saturated carbocycles. The van der Waals surface area contributed by atoms with Crippen molar-refractivity contribution in [3.63, 3.8) is 0 Å². The molecular formula is C25H19BrCl2N4O3. The first-order chi connectivity index (χ1) is 16.6. The molecule has 3 aromatic carbocycles. The van der Waals surface area contributed by atoms with Crippen LogP contribution in [-0.4, -0.2) is 22.4 Å². The van der Waals surface area contributed by atoms with Crippen LogP contribution in [0.1, 0.15) is 21.6 Å². The van der Waals surface area contributed by atoms with Crippen LogP contribution in [0.3, 0.4) is 0 Å². The Morgan fingerprint density at radius 2 is 1.63 bits per heavy atom. The lowest BCUT2D eigenvalue weighted by Gasteiger charge is -2.14. The molecule has 7 nitrogen and oxygen atoms in total. The Bertz CT molecular complexity index is 1500. The Morgan fingerprint density at radius 3 is 2.37 bits per heavy atom. The van der Waals surface area contributed by atoms with E-state index in [0.29, 0.717) is 37.9 Å². The third-order valence-electron chi connectivity index (χ3n) is 5.36. The van der Waals surface area contributed by atoms with Gasteiger partial charge in [0.2, 0.25) is 0 Å². The van der Waals surface area contributed by atoms with Gasteiger partial charge in [-0.2, -0.15) is 0 Å². The van der Waals surface area contributed by atoms with E-state index in [1.807, 2.05) is 6.92 Å². The Balaban J connectivity index is 1.64. The first-order valence-corrected chi connectivity index (χ1v) is 11.9. The zero-order valence-corrected chi connectivity index (χ0v) is 21.7. The second-order valence-corrected chi connectivity index (χ2v) is 9.52. The van der Waals surface area contributed by atoms with E-state index in [1.54, 1.807) is 67.6 Å². The van der Waals surface area contributed by atoms with Crippen molar-refractivity contribution in [3.8, 4) is 0 Å². The molecule has 3 amide bonds. The molecule has 0 spiro atoms. The number of aryl methyl sites for hydroxylation is 1. The SMILES string of the molecule is Cc1ccc(NC(=O)C(=O)Nn2c(C(=O)Nc3cccc(Cl)c3C)cc3cc(Br)ccc32)cc1Cl. The van der Waals surface area contributed by atoms with Crippen LogP contribution in [0, 0.1) is 13.8 Å². The Kier molecular flexibility index (Phi) is 7.16. The molecule has 178 valence electrons.